The van der Waals surface area contributed by atoms with Gasteiger partial charge in [-0.05, 0) is 20.2 Å². The smallest absolute Gasteiger partial charge is 0.309 e. The highest BCUT2D eigenvalue weighted by molar-refractivity contribution is 5.48. The van der Waals surface area contributed by atoms with Gasteiger partial charge in [-0.3, -0.25) is 10.1 Å². The Morgan fingerprint density at radius 2 is 1.80 bits per heavy atom. The molecule has 1 aromatic rings. The minimum absolute atomic E-state index is 0.296. The third-order valence-corrected chi connectivity index (χ3v) is 2.96. The van der Waals surface area contributed by atoms with E-state index in [0.29, 0.717) is 18.2 Å². The lowest BCUT2D eigenvalue weighted by Crippen LogP contribution is -2.32. The van der Waals surface area contributed by atoms with Crippen LogP contribution in [0.4, 0.5) is 18.9 Å². The first-order valence-electron chi connectivity index (χ1n) is 5.96. The van der Waals surface area contributed by atoms with Crippen molar-refractivity contribution in [3.63, 3.8) is 0 Å². The molecule has 0 fully saturated rings. The Morgan fingerprint density at radius 3 is 2.20 bits per heavy atom. The van der Waals surface area contributed by atoms with E-state index < -0.39 is 27.8 Å². The van der Waals surface area contributed by atoms with Crippen LogP contribution in [0.3, 0.4) is 0 Å². The summed E-state index contributed by atoms with van der Waals surface area (Å²) in [6.45, 7) is 4.02. The summed E-state index contributed by atoms with van der Waals surface area (Å²) >= 11 is 0. The molecule has 0 heterocycles. The largest absolute Gasteiger partial charge is 0.416 e. The van der Waals surface area contributed by atoms with Crippen molar-refractivity contribution < 1.29 is 18.1 Å². The molecule has 0 spiro atoms. The van der Waals surface area contributed by atoms with Gasteiger partial charge in [0.2, 0.25) is 0 Å². The quantitative estimate of drug-likeness (QED) is 0.630. The van der Waals surface area contributed by atoms with Gasteiger partial charge in [-0.15, -0.1) is 0 Å². The number of hydrogen-bond acceptors (Lipinski definition) is 3. The van der Waals surface area contributed by atoms with E-state index in [0.717, 1.165) is 6.07 Å². The fraction of sp³-hybridized carbons (Fsp3) is 0.538. The average Bonchev–Trinajstić information content (AvgIpc) is 2.25. The summed E-state index contributed by atoms with van der Waals surface area (Å²) in [5.74, 6) is 0. The van der Waals surface area contributed by atoms with Crippen molar-refractivity contribution in [1.29, 1.82) is 0 Å². The van der Waals surface area contributed by atoms with E-state index in [2.05, 4.69) is 0 Å². The zero-order valence-electron chi connectivity index (χ0n) is 11.8. The molecule has 0 aliphatic heterocycles. The van der Waals surface area contributed by atoms with E-state index in [1.807, 2.05) is 4.90 Å². The van der Waals surface area contributed by atoms with Crippen molar-refractivity contribution in [2.24, 2.45) is 0 Å². The molecule has 4 nitrogen and oxygen atoms in total. The number of nitro benzene ring substituents is 1. The van der Waals surface area contributed by atoms with Crippen molar-refractivity contribution in [2.75, 3.05) is 20.6 Å². The Bertz CT molecular complexity index is 511. The topological polar surface area (TPSA) is 46.4 Å². The van der Waals surface area contributed by atoms with E-state index in [9.17, 15) is 23.3 Å². The van der Waals surface area contributed by atoms with Crippen LogP contribution in [0.1, 0.15) is 25.0 Å². The van der Waals surface area contributed by atoms with Gasteiger partial charge in [-0.25, -0.2) is 0 Å². The summed E-state index contributed by atoms with van der Waals surface area (Å²) in [6, 6.07) is 2.69. The molecular formula is C13H17F3N2O2. The monoisotopic (exact) mass is 290 g/mol. The van der Waals surface area contributed by atoms with Gasteiger partial charge in [0.15, 0.2) is 0 Å². The maximum absolute atomic E-state index is 12.6. The molecule has 0 bridgehead atoms. The molecular weight excluding hydrogens is 273 g/mol. The molecule has 0 saturated carbocycles. The van der Waals surface area contributed by atoms with Crippen molar-refractivity contribution in [3.05, 3.63) is 39.4 Å². The van der Waals surface area contributed by atoms with Crippen LogP contribution in [0.25, 0.3) is 0 Å². The first-order valence-corrected chi connectivity index (χ1v) is 5.96. The van der Waals surface area contributed by atoms with Crippen LogP contribution < -0.4 is 0 Å². The Balaban J connectivity index is 3.38. The molecule has 112 valence electrons. The maximum Gasteiger partial charge on any atom is 0.416 e. The Hall–Kier alpha value is -1.63. The summed E-state index contributed by atoms with van der Waals surface area (Å²) < 4.78 is 37.9. The molecule has 0 saturated heterocycles. The van der Waals surface area contributed by atoms with Gasteiger partial charge in [-0.1, -0.05) is 19.9 Å². The van der Waals surface area contributed by atoms with E-state index in [4.69, 9.17) is 0 Å². The fourth-order valence-corrected chi connectivity index (χ4v) is 2.31. The van der Waals surface area contributed by atoms with Crippen LogP contribution >= 0.6 is 0 Å². The van der Waals surface area contributed by atoms with Gasteiger partial charge in [-0.2, -0.15) is 13.2 Å². The molecule has 0 aliphatic rings. The molecule has 0 unspecified atom stereocenters. The van der Waals surface area contributed by atoms with E-state index in [1.54, 1.807) is 27.9 Å². The lowest BCUT2D eigenvalue weighted by atomic mass is 9.82. The van der Waals surface area contributed by atoms with Crippen LogP contribution in [0.2, 0.25) is 0 Å². The standard InChI is InChI=1S/C13H17F3N2O2/c1-12(2,8-17(3)4)10-6-5-9(13(14,15)16)7-11(10)18(19)20/h5-7H,8H2,1-4H3. The lowest BCUT2D eigenvalue weighted by molar-refractivity contribution is -0.386. The van der Waals surface area contributed by atoms with Gasteiger partial charge in [0, 0.05) is 23.6 Å². The van der Waals surface area contributed by atoms with E-state index in [-0.39, 0.29) is 0 Å². The first-order chi connectivity index (χ1) is 8.95. The predicted molar refractivity (Wildman–Crippen MR) is 69.7 cm³/mol. The number of halogens is 3. The number of nitrogens with zero attached hydrogens (tertiary/aromatic N) is 2. The van der Waals surface area contributed by atoms with Gasteiger partial charge >= 0.3 is 6.18 Å². The van der Waals surface area contributed by atoms with Crippen molar-refractivity contribution in [1.82, 2.24) is 4.90 Å². The number of likely N-dealkylation sites (N-methyl/N-ethyl adjacent to an activating group) is 1. The SMILES string of the molecule is CN(C)CC(C)(C)c1ccc(C(F)(F)F)cc1[N+](=O)[O-]. The van der Waals surface area contributed by atoms with Crippen LogP contribution in [0.15, 0.2) is 18.2 Å². The highest BCUT2D eigenvalue weighted by Crippen LogP contribution is 2.37. The molecule has 0 atom stereocenters. The van der Waals surface area contributed by atoms with Crippen LogP contribution in [-0.2, 0) is 11.6 Å². The van der Waals surface area contributed by atoms with Crippen molar-refractivity contribution in [3.8, 4) is 0 Å². The minimum Gasteiger partial charge on any atom is -0.309 e. The summed E-state index contributed by atoms with van der Waals surface area (Å²) in [7, 11) is 3.61. The molecule has 0 radical (unpaired) electrons. The molecule has 0 N–H and O–H groups in total. The Labute approximate surface area is 115 Å². The zero-order valence-corrected chi connectivity index (χ0v) is 11.8. The number of benzene rings is 1. The second-order valence-electron chi connectivity index (χ2n) is 5.61. The molecule has 20 heavy (non-hydrogen) atoms. The molecule has 1 rings (SSSR count). The van der Waals surface area contributed by atoms with Crippen molar-refractivity contribution >= 4 is 5.69 Å². The summed E-state index contributed by atoms with van der Waals surface area (Å²) in [6.07, 6.45) is -4.59. The van der Waals surface area contributed by atoms with Gasteiger partial charge in [0.05, 0.1) is 10.5 Å². The second-order valence-corrected chi connectivity index (χ2v) is 5.61. The first kappa shape index (κ1) is 16.4. The number of nitro groups is 1. The van der Waals surface area contributed by atoms with Crippen LogP contribution in [0, 0.1) is 10.1 Å². The van der Waals surface area contributed by atoms with E-state index >= 15 is 0 Å². The molecule has 7 heteroatoms. The Morgan fingerprint density at radius 1 is 1.25 bits per heavy atom. The third kappa shape index (κ3) is 3.69. The highest BCUT2D eigenvalue weighted by Gasteiger charge is 2.36. The number of alkyl halides is 3. The maximum atomic E-state index is 12.6. The number of rotatable bonds is 4. The van der Waals surface area contributed by atoms with Crippen LogP contribution in [0.5, 0.6) is 0 Å². The molecule has 0 aromatic heterocycles. The van der Waals surface area contributed by atoms with Gasteiger partial charge < -0.3 is 4.90 Å². The second kappa shape index (κ2) is 5.40. The Kier molecular flexibility index (Phi) is 4.43. The lowest BCUT2D eigenvalue weighted by Gasteiger charge is -2.28. The average molecular weight is 290 g/mol. The van der Waals surface area contributed by atoms with E-state index in [1.165, 1.54) is 6.07 Å². The predicted octanol–water partition coefficient (Wildman–Crippen LogP) is 3.45. The van der Waals surface area contributed by atoms with Crippen LogP contribution in [-0.4, -0.2) is 30.5 Å². The summed E-state index contributed by atoms with van der Waals surface area (Å²) in [4.78, 5) is 12.1. The number of hydrogen-bond donors (Lipinski definition) is 0. The normalized spacial score (nSPS) is 12.8. The molecule has 1 aromatic carbocycles. The summed E-state index contributed by atoms with van der Waals surface area (Å²) in [5.41, 5.74) is -1.83. The third-order valence-electron chi connectivity index (χ3n) is 2.96. The van der Waals surface area contributed by atoms with Gasteiger partial charge in [0.25, 0.3) is 5.69 Å². The molecule has 0 aliphatic carbocycles. The van der Waals surface area contributed by atoms with Gasteiger partial charge in [0.1, 0.15) is 0 Å². The van der Waals surface area contributed by atoms with Crippen molar-refractivity contribution in [2.45, 2.75) is 25.4 Å². The fourth-order valence-electron chi connectivity index (χ4n) is 2.31. The molecule has 0 amide bonds. The highest BCUT2D eigenvalue weighted by atomic mass is 19.4. The zero-order chi connectivity index (χ0) is 15.7. The summed E-state index contributed by atoms with van der Waals surface area (Å²) in [5, 5.41) is 11.1. The minimum atomic E-state index is -4.59.